The van der Waals surface area contributed by atoms with Crippen molar-refractivity contribution >= 4 is 29.1 Å². The van der Waals surface area contributed by atoms with Crippen LogP contribution < -0.4 is 0 Å². The van der Waals surface area contributed by atoms with E-state index in [-0.39, 0.29) is 5.91 Å². The van der Waals surface area contributed by atoms with E-state index in [1.165, 1.54) is 0 Å². The van der Waals surface area contributed by atoms with Crippen molar-refractivity contribution in [1.82, 2.24) is 4.90 Å². The molecule has 0 aromatic heterocycles. The highest BCUT2D eigenvalue weighted by atomic mass is 35.5. The van der Waals surface area contributed by atoms with Gasteiger partial charge in [0.2, 0.25) is 0 Å². The fraction of sp³-hybridized carbons (Fsp3) is 0.462. The summed E-state index contributed by atoms with van der Waals surface area (Å²) >= 11 is 11.7. The van der Waals surface area contributed by atoms with Crippen LogP contribution in [0.4, 0.5) is 0 Å². The molecule has 2 nitrogen and oxygen atoms in total. The molecule has 4 heteroatoms. The summed E-state index contributed by atoms with van der Waals surface area (Å²) in [5.74, 6) is 0.581. The van der Waals surface area contributed by atoms with E-state index in [1.807, 2.05) is 26.0 Å². The Labute approximate surface area is 113 Å². The first-order chi connectivity index (χ1) is 8.10. The molecule has 17 heavy (non-hydrogen) atoms. The first-order valence-electron chi connectivity index (χ1n) is 5.71. The third-order valence-electron chi connectivity index (χ3n) is 2.65. The van der Waals surface area contributed by atoms with Gasteiger partial charge in [0.25, 0.3) is 5.91 Å². The average molecular weight is 274 g/mol. The van der Waals surface area contributed by atoms with Crippen molar-refractivity contribution < 1.29 is 4.79 Å². The van der Waals surface area contributed by atoms with E-state index < -0.39 is 0 Å². The smallest absolute Gasteiger partial charge is 0.253 e. The molecular weight excluding hydrogens is 257 g/mol. The number of aryl methyl sites for hydroxylation is 1. The summed E-state index contributed by atoms with van der Waals surface area (Å²) < 4.78 is 0. The Hall–Kier alpha value is -0.730. The van der Waals surface area contributed by atoms with Crippen LogP contribution in [0.25, 0.3) is 0 Å². The van der Waals surface area contributed by atoms with Crippen molar-refractivity contribution in [2.24, 2.45) is 0 Å². The lowest BCUT2D eigenvalue weighted by atomic mass is 10.1. The van der Waals surface area contributed by atoms with Gasteiger partial charge in [-0.3, -0.25) is 4.79 Å². The highest BCUT2D eigenvalue weighted by molar-refractivity contribution is 6.31. The summed E-state index contributed by atoms with van der Waals surface area (Å²) in [5.41, 5.74) is 1.61. The predicted octanol–water partition coefficient (Wildman–Crippen LogP) is 3.74. The Morgan fingerprint density at radius 3 is 2.65 bits per heavy atom. The fourth-order valence-electron chi connectivity index (χ4n) is 1.56. The summed E-state index contributed by atoms with van der Waals surface area (Å²) in [6.07, 6.45) is 0.806. The molecule has 1 aromatic rings. The summed E-state index contributed by atoms with van der Waals surface area (Å²) in [7, 11) is 0. The summed E-state index contributed by atoms with van der Waals surface area (Å²) in [4.78, 5) is 14.0. The third kappa shape index (κ3) is 3.90. The van der Waals surface area contributed by atoms with Crippen LogP contribution in [0.5, 0.6) is 0 Å². The Morgan fingerprint density at radius 1 is 1.41 bits per heavy atom. The number of nitrogens with zero attached hydrogens (tertiary/aromatic N) is 1. The van der Waals surface area contributed by atoms with E-state index in [0.29, 0.717) is 29.6 Å². The molecule has 0 saturated heterocycles. The predicted molar refractivity (Wildman–Crippen MR) is 73.1 cm³/mol. The first kappa shape index (κ1) is 14.3. The van der Waals surface area contributed by atoms with E-state index in [1.54, 1.807) is 11.0 Å². The number of halogens is 2. The second-order valence-corrected chi connectivity index (χ2v) is 4.68. The molecule has 0 spiro atoms. The van der Waals surface area contributed by atoms with Crippen LogP contribution >= 0.6 is 23.2 Å². The normalized spacial score (nSPS) is 10.4. The lowest BCUT2D eigenvalue weighted by Gasteiger charge is -2.20. The topological polar surface area (TPSA) is 20.3 Å². The Morgan fingerprint density at radius 2 is 2.12 bits per heavy atom. The SMILES string of the molecule is CCN(CCCCl)C(=O)c1ccc(C)c(Cl)c1. The molecule has 0 aliphatic heterocycles. The molecule has 0 heterocycles. The second-order valence-electron chi connectivity index (χ2n) is 3.89. The highest BCUT2D eigenvalue weighted by Gasteiger charge is 2.14. The molecule has 1 rings (SSSR count). The van der Waals surface area contributed by atoms with Gasteiger partial charge in [-0.15, -0.1) is 11.6 Å². The lowest BCUT2D eigenvalue weighted by Crippen LogP contribution is -2.32. The van der Waals surface area contributed by atoms with Crippen LogP contribution in [0.1, 0.15) is 29.3 Å². The van der Waals surface area contributed by atoms with E-state index in [4.69, 9.17) is 23.2 Å². The van der Waals surface area contributed by atoms with Crippen molar-refractivity contribution in [3.8, 4) is 0 Å². The lowest BCUT2D eigenvalue weighted by molar-refractivity contribution is 0.0765. The molecule has 0 aliphatic carbocycles. The van der Waals surface area contributed by atoms with Crippen LogP contribution in [0.2, 0.25) is 5.02 Å². The quantitative estimate of drug-likeness (QED) is 0.749. The van der Waals surface area contributed by atoms with Crippen LogP contribution in [0.3, 0.4) is 0 Å². The van der Waals surface area contributed by atoms with Crippen LogP contribution in [0, 0.1) is 6.92 Å². The number of carbonyl (C=O) groups excluding carboxylic acids is 1. The molecule has 1 amide bonds. The van der Waals surface area contributed by atoms with Gasteiger partial charge in [0, 0.05) is 29.6 Å². The molecular formula is C13H17Cl2NO. The number of hydrogen-bond acceptors (Lipinski definition) is 1. The molecule has 0 aliphatic rings. The number of rotatable bonds is 5. The maximum absolute atomic E-state index is 12.2. The largest absolute Gasteiger partial charge is 0.339 e. The van der Waals surface area contributed by atoms with Gasteiger partial charge < -0.3 is 4.90 Å². The molecule has 0 bridgehead atoms. The van der Waals surface area contributed by atoms with Gasteiger partial charge in [0.15, 0.2) is 0 Å². The van der Waals surface area contributed by atoms with Crippen molar-refractivity contribution in [2.45, 2.75) is 20.3 Å². The highest BCUT2D eigenvalue weighted by Crippen LogP contribution is 2.18. The summed E-state index contributed by atoms with van der Waals surface area (Å²) in [6.45, 7) is 5.25. The van der Waals surface area contributed by atoms with Crippen molar-refractivity contribution in [1.29, 1.82) is 0 Å². The van der Waals surface area contributed by atoms with Gasteiger partial charge in [0.05, 0.1) is 0 Å². The van der Waals surface area contributed by atoms with Crippen LogP contribution in [0.15, 0.2) is 18.2 Å². The average Bonchev–Trinajstić information content (AvgIpc) is 2.33. The minimum atomic E-state index is 0.0134. The van der Waals surface area contributed by atoms with Gasteiger partial charge in [-0.1, -0.05) is 17.7 Å². The number of alkyl halides is 1. The summed E-state index contributed by atoms with van der Waals surface area (Å²) in [6, 6.07) is 5.40. The Kier molecular flexibility index (Phi) is 5.79. The Bertz CT molecular complexity index is 393. The van der Waals surface area contributed by atoms with E-state index in [0.717, 1.165) is 12.0 Å². The zero-order valence-corrected chi connectivity index (χ0v) is 11.7. The van der Waals surface area contributed by atoms with Gasteiger partial charge in [-0.05, 0) is 38.0 Å². The first-order valence-corrected chi connectivity index (χ1v) is 6.62. The van der Waals surface area contributed by atoms with Crippen LogP contribution in [-0.4, -0.2) is 29.8 Å². The molecule has 94 valence electrons. The van der Waals surface area contributed by atoms with Crippen LogP contribution in [-0.2, 0) is 0 Å². The van der Waals surface area contributed by atoms with Crippen molar-refractivity contribution in [3.05, 3.63) is 34.3 Å². The van der Waals surface area contributed by atoms with Crippen molar-refractivity contribution in [2.75, 3.05) is 19.0 Å². The van der Waals surface area contributed by atoms with Gasteiger partial charge in [-0.25, -0.2) is 0 Å². The van der Waals surface area contributed by atoms with Crippen molar-refractivity contribution in [3.63, 3.8) is 0 Å². The maximum atomic E-state index is 12.2. The van der Waals surface area contributed by atoms with Gasteiger partial charge >= 0.3 is 0 Å². The number of benzene rings is 1. The molecule has 0 fully saturated rings. The van der Waals surface area contributed by atoms with E-state index >= 15 is 0 Å². The number of hydrogen-bond donors (Lipinski definition) is 0. The summed E-state index contributed by atoms with van der Waals surface area (Å²) in [5, 5.41) is 0.629. The Balaban J connectivity index is 2.82. The number of amides is 1. The molecule has 1 aromatic carbocycles. The number of carbonyl (C=O) groups is 1. The third-order valence-corrected chi connectivity index (χ3v) is 3.32. The molecule has 0 N–H and O–H groups in total. The molecule has 0 unspecified atom stereocenters. The fourth-order valence-corrected chi connectivity index (χ4v) is 1.86. The van der Waals surface area contributed by atoms with Gasteiger partial charge in [0.1, 0.15) is 0 Å². The minimum absolute atomic E-state index is 0.0134. The molecule has 0 radical (unpaired) electrons. The second kappa shape index (κ2) is 6.87. The van der Waals surface area contributed by atoms with E-state index in [2.05, 4.69) is 0 Å². The maximum Gasteiger partial charge on any atom is 0.253 e. The zero-order valence-electron chi connectivity index (χ0n) is 10.2. The zero-order chi connectivity index (χ0) is 12.8. The van der Waals surface area contributed by atoms with Gasteiger partial charge in [-0.2, -0.15) is 0 Å². The van der Waals surface area contributed by atoms with E-state index in [9.17, 15) is 4.79 Å². The molecule has 0 atom stereocenters. The molecule has 0 saturated carbocycles. The monoisotopic (exact) mass is 273 g/mol. The minimum Gasteiger partial charge on any atom is -0.339 e. The standard InChI is InChI=1S/C13H17Cl2NO/c1-3-16(8-4-7-14)13(17)11-6-5-10(2)12(15)9-11/h5-6,9H,3-4,7-8H2,1-2H3.